The van der Waals surface area contributed by atoms with E-state index in [0.29, 0.717) is 6.04 Å². The first-order chi connectivity index (χ1) is 7.16. The van der Waals surface area contributed by atoms with Crippen LogP contribution in [0.2, 0.25) is 0 Å². The summed E-state index contributed by atoms with van der Waals surface area (Å²) >= 11 is 0. The number of hydrogen-bond donors (Lipinski definition) is 1. The highest BCUT2D eigenvalue weighted by Gasteiger charge is 2.24. The Labute approximate surface area is 95.4 Å². The largest absolute Gasteiger partial charge is 0.319 e. The quantitative estimate of drug-likeness (QED) is 0.770. The predicted octanol–water partition coefficient (Wildman–Crippen LogP) is 2.49. The summed E-state index contributed by atoms with van der Waals surface area (Å²) in [5.74, 6) is 0.746. The lowest BCUT2D eigenvalue weighted by Gasteiger charge is -2.36. The van der Waals surface area contributed by atoms with E-state index in [4.69, 9.17) is 0 Å². The van der Waals surface area contributed by atoms with Gasteiger partial charge in [-0.3, -0.25) is 4.90 Å². The fraction of sp³-hybridized carbons (Fsp3) is 1.00. The molecule has 0 aliphatic carbocycles. The molecule has 1 fully saturated rings. The summed E-state index contributed by atoms with van der Waals surface area (Å²) in [6.45, 7) is 9.58. The van der Waals surface area contributed by atoms with Crippen LogP contribution in [0.15, 0.2) is 0 Å². The first kappa shape index (κ1) is 13.0. The summed E-state index contributed by atoms with van der Waals surface area (Å²) in [5.41, 5.74) is 0. The Morgan fingerprint density at radius 2 is 2.00 bits per heavy atom. The van der Waals surface area contributed by atoms with Crippen LogP contribution in [0.25, 0.3) is 0 Å². The van der Waals surface area contributed by atoms with Crippen molar-refractivity contribution in [3.63, 3.8) is 0 Å². The van der Waals surface area contributed by atoms with Crippen LogP contribution >= 0.6 is 0 Å². The van der Waals surface area contributed by atoms with Gasteiger partial charge in [-0.2, -0.15) is 0 Å². The molecule has 0 bridgehead atoms. The van der Waals surface area contributed by atoms with E-state index in [1.807, 2.05) is 0 Å². The lowest BCUT2D eigenvalue weighted by molar-refractivity contribution is 0.119. The van der Waals surface area contributed by atoms with Crippen molar-refractivity contribution >= 4 is 0 Å². The number of nitrogens with one attached hydrogen (secondary N) is 1. The normalized spacial score (nSPS) is 28.4. The molecular formula is C13H28N2. The predicted molar refractivity (Wildman–Crippen MR) is 67.2 cm³/mol. The summed E-state index contributed by atoms with van der Waals surface area (Å²) in [6, 6.07) is 1.49. The topological polar surface area (TPSA) is 15.3 Å². The molecule has 1 heterocycles. The lowest BCUT2D eigenvalue weighted by atomic mass is 10.00. The Balaban J connectivity index is 2.50. The van der Waals surface area contributed by atoms with Gasteiger partial charge < -0.3 is 5.32 Å². The monoisotopic (exact) mass is 212 g/mol. The maximum atomic E-state index is 3.29. The van der Waals surface area contributed by atoms with Crippen LogP contribution in [0.5, 0.6) is 0 Å². The van der Waals surface area contributed by atoms with Crippen LogP contribution in [0.3, 0.4) is 0 Å². The molecule has 2 heteroatoms. The van der Waals surface area contributed by atoms with Gasteiger partial charge in [-0.1, -0.05) is 19.8 Å². The van der Waals surface area contributed by atoms with Crippen LogP contribution in [0.4, 0.5) is 0 Å². The fourth-order valence-corrected chi connectivity index (χ4v) is 2.72. The van der Waals surface area contributed by atoms with E-state index < -0.39 is 0 Å². The third-order valence-corrected chi connectivity index (χ3v) is 3.98. The minimum absolute atomic E-state index is 0.713. The van der Waals surface area contributed by atoms with Gasteiger partial charge in [-0.05, 0) is 52.7 Å². The van der Waals surface area contributed by atoms with Crippen molar-refractivity contribution < 1.29 is 0 Å². The molecule has 1 N–H and O–H groups in total. The van der Waals surface area contributed by atoms with Crippen molar-refractivity contribution in [3.05, 3.63) is 0 Å². The average molecular weight is 212 g/mol. The molecule has 3 atom stereocenters. The average Bonchev–Trinajstić information content (AvgIpc) is 2.42. The van der Waals surface area contributed by atoms with Crippen LogP contribution in [0, 0.1) is 5.92 Å². The van der Waals surface area contributed by atoms with Crippen molar-refractivity contribution in [1.82, 2.24) is 10.2 Å². The van der Waals surface area contributed by atoms with Crippen molar-refractivity contribution in [1.29, 1.82) is 0 Å². The number of hydrogen-bond acceptors (Lipinski definition) is 2. The second-order valence-electron chi connectivity index (χ2n) is 5.21. The van der Waals surface area contributed by atoms with E-state index in [-0.39, 0.29) is 0 Å². The summed E-state index contributed by atoms with van der Waals surface area (Å²) in [6.07, 6.45) is 5.62. The van der Waals surface area contributed by atoms with Crippen molar-refractivity contribution in [2.45, 2.75) is 58.5 Å². The highest BCUT2D eigenvalue weighted by atomic mass is 15.2. The molecule has 0 saturated carbocycles. The Morgan fingerprint density at radius 3 is 2.67 bits per heavy atom. The molecule has 1 aliphatic rings. The maximum Gasteiger partial charge on any atom is 0.0107 e. The molecule has 90 valence electrons. The number of likely N-dealkylation sites (tertiary alicyclic amines) is 1. The molecule has 1 saturated heterocycles. The highest BCUT2D eigenvalue weighted by Crippen LogP contribution is 2.21. The van der Waals surface area contributed by atoms with Crippen LogP contribution in [-0.4, -0.2) is 37.1 Å². The Hall–Kier alpha value is -0.0800. The molecular weight excluding hydrogens is 184 g/mol. The van der Waals surface area contributed by atoms with E-state index in [0.717, 1.165) is 18.5 Å². The van der Waals surface area contributed by atoms with Gasteiger partial charge in [0.05, 0.1) is 0 Å². The van der Waals surface area contributed by atoms with Gasteiger partial charge >= 0.3 is 0 Å². The van der Waals surface area contributed by atoms with Crippen molar-refractivity contribution in [3.8, 4) is 0 Å². The summed E-state index contributed by atoms with van der Waals surface area (Å²) in [7, 11) is 2.05. The first-order valence-electron chi connectivity index (χ1n) is 6.57. The van der Waals surface area contributed by atoms with E-state index in [2.05, 4.69) is 38.0 Å². The van der Waals surface area contributed by atoms with Gasteiger partial charge in [0.25, 0.3) is 0 Å². The second-order valence-corrected chi connectivity index (χ2v) is 5.21. The van der Waals surface area contributed by atoms with Gasteiger partial charge in [0.15, 0.2) is 0 Å². The third-order valence-electron chi connectivity index (χ3n) is 3.98. The summed E-state index contributed by atoms with van der Waals surface area (Å²) in [5, 5.41) is 3.29. The Kier molecular flexibility index (Phi) is 5.62. The highest BCUT2D eigenvalue weighted by molar-refractivity contribution is 4.80. The van der Waals surface area contributed by atoms with Crippen LogP contribution in [0.1, 0.15) is 46.5 Å². The summed E-state index contributed by atoms with van der Waals surface area (Å²) in [4.78, 5) is 2.72. The molecule has 1 aliphatic heterocycles. The van der Waals surface area contributed by atoms with E-state index >= 15 is 0 Å². The summed E-state index contributed by atoms with van der Waals surface area (Å²) < 4.78 is 0. The zero-order valence-corrected chi connectivity index (χ0v) is 10.9. The molecule has 3 unspecified atom stereocenters. The van der Waals surface area contributed by atoms with Gasteiger partial charge in [-0.15, -0.1) is 0 Å². The molecule has 0 aromatic carbocycles. The minimum atomic E-state index is 0.713. The fourth-order valence-electron chi connectivity index (χ4n) is 2.72. The molecule has 2 nitrogen and oxygen atoms in total. The molecule has 0 spiro atoms. The molecule has 0 radical (unpaired) electrons. The molecule has 0 aromatic heterocycles. The molecule has 15 heavy (non-hydrogen) atoms. The SMILES string of the molecule is CNCC(C)C(C)N1CCCCCC1C. The van der Waals surface area contributed by atoms with Gasteiger partial charge in [0.2, 0.25) is 0 Å². The second kappa shape index (κ2) is 6.49. The number of rotatable bonds is 4. The van der Waals surface area contributed by atoms with E-state index in [9.17, 15) is 0 Å². The molecule has 0 aromatic rings. The van der Waals surface area contributed by atoms with Crippen LogP contribution in [-0.2, 0) is 0 Å². The zero-order valence-electron chi connectivity index (χ0n) is 10.9. The van der Waals surface area contributed by atoms with Crippen molar-refractivity contribution in [2.24, 2.45) is 5.92 Å². The Morgan fingerprint density at radius 1 is 1.27 bits per heavy atom. The molecule has 1 rings (SSSR count). The van der Waals surface area contributed by atoms with Gasteiger partial charge in [-0.25, -0.2) is 0 Å². The van der Waals surface area contributed by atoms with Gasteiger partial charge in [0, 0.05) is 12.1 Å². The standard InChI is InChI=1S/C13H28N2/c1-11(10-14-4)13(3)15-9-7-5-6-8-12(15)2/h11-14H,5-10H2,1-4H3. The third kappa shape index (κ3) is 3.76. The maximum absolute atomic E-state index is 3.29. The zero-order chi connectivity index (χ0) is 11.3. The Bertz CT molecular complexity index is 170. The van der Waals surface area contributed by atoms with Crippen LogP contribution < -0.4 is 5.32 Å². The lowest BCUT2D eigenvalue weighted by Crippen LogP contribution is -2.45. The van der Waals surface area contributed by atoms with E-state index in [1.54, 1.807) is 0 Å². The van der Waals surface area contributed by atoms with E-state index in [1.165, 1.54) is 32.2 Å². The van der Waals surface area contributed by atoms with Crippen molar-refractivity contribution in [2.75, 3.05) is 20.1 Å². The molecule has 0 amide bonds. The minimum Gasteiger partial charge on any atom is -0.319 e. The smallest absolute Gasteiger partial charge is 0.0107 e. The van der Waals surface area contributed by atoms with Gasteiger partial charge in [0.1, 0.15) is 0 Å². The number of nitrogens with zero attached hydrogens (tertiary/aromatic N) is 1. The first-order valence-corrected chi connectivity index (χ1v) is 6.57.